The van der Waals surface area contributed by atoms with Gasteiger partial charge in [-0.1, -0.05) is 11.6 Å². The molecule has 1 heterocycles. The molecule has 0 radical (unpaired) electrons. The van der Waals surface area contributed by atoms with Crippen LogP contribution in [0.3, 0.4) is 0 Å². The van der Waals surface area contributed by atoms with Gasteiger partial charge in [0.15, 0.2) is 4.47 Å². The maximum absolute atomic E-state index is 9.13. The molecule has 10 heavy (non-hydrogen) atoms. The summed E-state index contributed by atoms with van der Waals surface area (Å²) in [5.41, 5.74) is 5.20. The molecule has 0 aromatic carbocycles. The smallest absolute Gasteiger partial charge is 0.183 e. The zero-order chi connectivity index (χ0) is 7.56. The summed E-state index contributed by atoms with van der Waals surface area (Å²) >= 11 is 6.76. The van der Waals surface area contributed by atoms with E-state index < -0.39 is 6.10 Å². The van der Waals surface area contributed by atoms with E-state index in [2.05, 4.69) is 4.98 Å². The first kappa shape index (κ1) is 7.94. The van der Waals surface area contributed by atoms with Crippen molar-refractivity contribution < 1.29 is 5.11 Å². The quantitative estimate of drug-likeness (QED) is 0.704. The maximum Gasteiger partial charge on any atom is 0.183 e. The molecule has 3 N–H and O–H groups in total. The Bertz CT molecular complexity index is 215. The monoisotopic (exact) mass is 178 g/mol. The third-order valence-corrected chi connectivity index (χ3v) is 2.26. The SMILES string of the molecule is NCC(O)c1cnc(Cl)s1. The Labute approximate surface area is 67.5 Å². The third-order valence-electron chi connectivity index (χ3n) is 1.05. The van der Waals surface area contributed by atoms with Gasteiger partial charge in [-0.15, -0.1) is 11.3 Å². The Hall–Kier alpha value is -0.160. The lowest BCUT2D eigenvalue weighted by molar-refractivity contribution is 0.190. The lowest BCUT2D eigenvalue weighted by atomic mass is 10.3. The summed E-state index contributed by atoms with van der Waals surface area (Å²) in [6.07, 6.45) is 0.912. The van der Waals surface area contributed by atoms with Gasteiger partial charge in [-0.3, -0.25) is 0 Å². The van der Waals surface area contributed by atoms with Gasteiger partial charge < -0.3 is 10.8 Å². The average molecular weight is 179 g/mol. The summed E-state index contributed by atoms with van der Waals surface area (Å²) in [6, 6.07) is 0. The normalized spacial score (nSPS) is 13.5. The van der Waals surface area contributed by atoms with Gasteiger partial charge in [0.05, 0.1) is 4.88 Å². The first-order valence-corrected chi connectivity index (χ1v) is 3.93. The Morgan fingerprint density at radius 2 is 2.60 bits per heavy atom. The molecule has 0 bridgehead atoms. The van der Waals surface area contributed by atoms with E-state index in [-0.39, 0.29) is 6.54 Å². The van der Waals surface area contributed by atoms with Crippen LogP contribution in [0.1, 0.15) is 11.0 Å². The van der Waals surface area contributed by atoms with Crippen LogP contribution in [0.25, 0.3) is 0 Å². The van der Waals surface area contributed by atoms with Crippen LogP contribution in [0, 0.1) is 0 Å². The van der Waals surface area contributed by atoms with Gasteiger partial charge in [0, 0.05) is 12.7 Å². The molecule has 1 aromatic rings. The van der Waals surface area contributed by atoms with Gasteiger partial charge in [-0.2, -0.15) is 0 Å². The van der Waals surface area contributed by atoms with Crippen molar-refractivity contribution in [1.82, 2.24) is 4.98 Å². The summed E-state index contributed by atoms with van der Waals surface area (Å²) in [7, 11) is 0. The highest BCUT2D eigenvalue weighted by atomic mass is 35.5. The van der Waals surface area contributed by atoms with Crippen LogP contribution in [0.4, 0.5) is 0 Å². The molecule has 1 atom stereocenters. The van der Waals surface area contributed by atoms with Gasteiger partial charge in [0.25, 0.3) is 0 Å². The Kier molecular flexibility index (Phi) is 2.62. The van der Waals surface area contributed by atoms with Gasteiger partial charge >= 0.3 is 0 Å². The fourth-order valence-corrected chi connectivity index (χ4v) is 1.49. The van der Waals surface area contributed by atoms with Crippen molar-refractivity contribution in [3.63, 3.8) is 0 Å². The molecule has 5 heteroatoms. The minimum Gasteiger partial charge on any atom is -0.386 e. The van der Waals surface area contributed by atoms with Crippen LogP contribution in [-0.4, -0.2) is 16.6 Å². The molecule has 0 aliphatic heterocycles. The van der Waals surface area contributed by atoms with E-state index in [1.165, 1.54) is 17.5 Å². The highest BCUT2D eigenvalue weighted by Crippen LogP contribution is 2.22. The zero-order valence-electron chi connectivity index (χ0n) is 5.12. The molecule has 0 saturated heterocycles. The molecule has 1 aromatic heterocycles. The number of hydrogen-bond donors (Lipinski definition) is 2. The number of hydrogen-bond acceptors (Lipinski definition) is 4. The predicted octanol–water partition coefficient (Wildman–Crippen LogP) is 0.789. The molecule has 0 aliphatic rings. The topological polar surface area (TPSA) is 59.1 Å². The molecular weight excluding hydrogens is 172 g/mol. The van der Waals surface area contributed by atoms with Crippen molar-refractivity contribution in [2.45, 2.75) is 6.10 Å². The van der Waals surface area contributed by atoms with Crippen molar-refractivity contribution in [2.75, 3.05) is 6.54 Å². The lowest BCUT2D eigenvalue weighted by Gasteiger charge is -2.00. The van der Waals surface area contributed by atoms with Crippen LogP contribution in [0.15, 0.2) is 6.20 Å². The fraction of sp³-hybridized carbons (Fsp3) is 0.400. The van der Waals surface area contributed by atoms with E-state index in [0.717, 1.165) is 0 Å². The number of aromatic nitrogens is 1. The molecular formula is C5H7ClN2OS. The maximum atomic E-state index is 9.13. The lowest BCUT2D eigenvalue weighted by Crippen LogP contribution is -2.09. The standard InChI is InChI=1S/C5H7ClN2OS/c6-5-8-2-4(10-5)3(9)1-7/h2-3,9H,1,7H2. The Morgan fingerprint density at radius 1 is 1.90 bits per heavy atom. The second-order valence-electron chi connectivity index (χ2n) is 1.77. The molecule has 0 spiro atoms. The van der Waals surface area contributed by atoms with Crippen molar-refractivity contribution >= 4 is 22.9 Å². The molecule has 0 amide bonds. The van der Waals surface area contributed by atoms with Gasteiger partial charge in [-0.05, 0) is 0 Å². The number of aliphatic hydroxyl groups is 1. The second kappa shape index (κ2) is 3.30. The van der Waals surface area contributed by atoms with Crippen LogP contribution < -0.4 is 5.73 Å². The Morgan fingerprint density at radius 3 is 3.00 bits per heavy atom. The summed E-state index contributed by atoms with van der Waals surface area (Å²) < 4.78 is 0.433. The minimum absolute atomic E-state index is 0.207. The van der Waals surface area contributed by atoms with Gasteiger partial charge in [0.2, 0.25) is 0 Å². The number of halogens is 1. The number of nitrogens with two attached hydrogens (primary N) is 1. The van der Waals surface area contributed by atoms with E-state index in [1.807, 2.05) is 0 Å². The second-order valence-corrected chi connectivity index (χ2v) is 3.41. The van der Waals surface area contributed by atoms with Crippen molar-refractivity contribution in [3.8, 4) is 0 Å². The van der Waals surface area contributed by atoms with Crippen LogP contribution in [0.2, 0.25) is 4.47 Å². The highest BCUT2D eigenvalue weighted by molar-refractivity contribution is 7.15. The van der Waals surface area contributed by atoms with E-state index in [9.17, 15) is 0 Å². The van der Waals surface area contributed by atoms with Gasteiger partial charge in [-0.25, -0.2) is 4.98 Å². The minimum atomic E-state index is -0.620. The largest absolute Gasteiger partial charge is 0.386 e. The van der Waals surface area contributed by atoms with Crippen molar-refractivity contribution in [3.05, 3.63) is 15.5 Å². The first-order chi connectivity index (χ1) is 4.74. The van der Waals surface area contributed by atoms with E-state index >= 15 is 0 Å². The molecule has 3 nitrogen and oxygen atoms in total. The molecule has 0 aliphatic carbocycles. The molecule has 0 fully saturated rings. The number of aliphatic hydroxyl groups excluding tert-OH is 1. The summed E-state index contributed by atoms with van der Waals surface area (Å²) in [5, 5.41) is 9.13. The van der Waals surface area contributed by atoms with Crippen molar-refractivity contribution in [2.24, 2.45) is 5.73 Å². The van der Waals surface area contributed by atoms with Crippen molar-refractivity contribution in [1.29, 1.82) is 0 Å². The van der Waals surface area contributed by atoms with E-state index in [0.29, 0.717) is 9.34 Å². The van der Waals surface area contributed by atoms with E-state index in [4.69, 9.17) is 22.4 Å². The molecule has 56 valence electrons. The van der Waals surface area contributed by atoms with Gasteiger partial charge in [0.1, 0.15) is 6.10 Å². The number of thiazole rings is 1. The zero-order valence-corrected chi connectivity index (χ0v) is 6.69. The average Bonchev–Trinajstić information content (AvgIpc) is 2.34. The summed E-state index contributed by atoms with van der Waals surface area (Å²) in [5.74, 6) is 0. The van der Waals surface area contributed by atoms with E-state index in [1.54, 1.807) is 0 Å². The fourth-order valence-electron chi connectivity index (χ4n) is 0.535. The molecule has 1 unspecified atom stereocenters. The van der Waals surface area contributed by atoms with Crippen LogP contribution in [-0.2, 0) is 0 Å². The molecule has 1 rings (SSSR count). The first-order valence-electron chi connectivity index (χ1n) is 2.73. The number of nitrogens with zero attached hydrogens (tertiary/aromatic N) is 1. The highest BCUT2D eigenvalue weighted by Gasteiger charge is 2.07. The van der Waals surface area contributed by atoms with Crippen LogP contribution >= 0.6 is 22.9 Å². The van der Waals surface area contributed by atoms with Crippen LogP contribution in [0.5, 0.6) is 0 Å². The molecule has 0 saturated carbocycles. The predicted molar refractivity (Wildman–Crippen MR) is 41.1 cm³/mol. The third kappa shape index (κ3) is 1.67. The summed E-state index contributed by atoms with van der Waals surface area (Å²) in [6.45, 7) is 0.207. The summed E-state index contributed by atoms with van der Waals surface area (Å²) in [4.78, 5) is 4.47. The number of rotatable bonds is 2. The Balaban J connectivity index is 2.74.